The van der Waals surface area contributed by atoms with Gasteiger partial charge >= 0.3 is 19.8 Å². The highest BCUT2D eigenvalue weighted by Crippen LogP contribution is 2.44. The highest BCUT2D eigenvalue weighted by Gasteiger charge is 2.24. The van der Waals surface area contributed by atoms with Crippen LogP contribution in [-0.2, 0) is 36.2 Å². The van der Waals surface area contributed by atoms with Crippen molar-refractivity contribution in [3.63, 3.8) is 0 Å². The van der Waals surface area contributed by atoms with Crippen molar-refractivity contribution < 1.29 is 42.7 Å². The maximum absolute atomic E-state index is 12.5. The van der Waals surface area contributed by atoms with Crippen LogP contribution in [0.5, 0.6) is 11.5 Å². The first kappa shape index (κ1) is 34.5. The van der Waals surface area contributed by atoms with Gasteiger partial charge in [-0.1, -0.05) is 88.6 Å². The number of ether oxygens (including phenoxy) is 2. The molecule has 11 heteroatoms. The van der Waals surface area contributed by atoms with Crippen molar-refractivity contribution in [1.29, 1.82) is 0 Å². The number of rotatable bonds is 22. The first-order valence-electron chi connectivity index (χ1n) is 14.3. The molecule has 2 rings (SSSR count). The van der Waals surface area contributed by atoms with Crippen LogP contribution in [0.3, 0.4) is 0 Å². The monoisotopic (exact) mass is 593 g/mol. The van der Waals surface area contributed by atoms with Gasteiger partial charge in [0.1, 0.15) is 17.5 Å². The number of hydrogen-bond donors (Lipinski definition) is 3. The Labute approximate surface area is 242 Å². The molecule has 41 heavy (non-hydrogen) atoms. The Balaban J connectivity index is 1.73. The normalized spacial score (nSPS) is 13.3. The summed E-state index contributed by atoms with van der Waals surface area (Å²) in [5.74, 6) is -0.771. The summed E-state index contributed by atoms with van der Waals surface area (Å²) in [7, 11) is -4.53. The summed E-state index contributed by atoms with van der Waals surface area (Å²) in [6.07, 6.45) is 11.8. The van der Waals surface area contributed by atoms with Crippen molar-refractivity contribution in [3.8, 4) is 11.5 Å². The first-order chi connectivity index (χ1) is 19.7. The van der Waals surface area contributed by atoms with Gasteiger partial charge in [0.05, 0.1) is 26.2 Å². The number of carbonyl (C=O) groups excluding carboxylic acids is 1. The van der Waals surface area contributed by atoms with Gasteiger partial charge in [-0.05, 0) is 42.2 Å². The van der Waals surface area contributed by atoms with E-state index in [4.69, 9.17) is 24.8 Å². The topological polar surface area (TPSA) is 155 Å². The molecule has 2 aromatic rings. The fourth-order valence-electron chi connectivity index (χ4n) is 4.00. The third kappa shape index (κ3) is 15.2. The Morgan fingerprint density at radius 3 is 2.32 bits per heavy atom. The van der Waals surface area contributed by atoms with Gasteiger partial charge in [-0.25, -0.2) is 4.57 Å². The molecule has 0 aromatic heterocycles. The maximum Gasteiger partial charge on any atom is 0.472 e. The number of esters is 1. The molecule has 1 unspecified atom stereocenters. The summed E-state index contributed by atoms with van der Waals surface area (Å²) < 4.78 is 32.9. The third-order valence-electron chi connectivity index (χ3n) is 6.34. The van der Waals surface area contributed by atoms with E-state index in [-0.39, 0.29) is 18.8 Å². The minimum Gasteiger partial charge on any atom is -0.493 e. The fourth-order valence-corrected chi connectivity index (χ4v) is 4.74. The highest BCUT2D eigenvalue weighted by atomic mass is 31.2. The van der Waals surface area contributed by atoms with Gasteiger partial charge < -0.3 is 25.2 Å². The number of carboxylic acid groups (broad SMARTS) is 1. The van der Waals surface area contributed by atoms with Crippen LogP contribution < -0.4 is 15.2 Å². The number of unbranched alkanes of at least 4 members (excludes halogenated alkanes) is 8. The Morgan fingerprint density at radius 2 is 1.61 bits per heavy atom. The van der Waals surface area contributed by atoms with Crippen LogP contribution in [0.1, 0.15) is 82.3 Å². The number of carboxylic acids is 1. The maximum atomic E-state index is 12.5. The van der Waals surface area contributed by atoms with Crippen LogP contribution >= 0.6 is 7.82 Å². The largest absolute Gasteiger partial charge is 0.493 e. The second-order valence-electron chi connectivity index (χ2n) is 9.89. The third-order valence-corrected chi connectivity index (χ3v) is 7.27. The molecule has 0 aliphatic heterocycles. The molecule has 0 saturated heterocycles. The Hall–Kier alpha value is -2.75. The minimum atomic E-state index is -4.53. The van der Waals surface area contributed by atoms with Crippen LogP contribution in [0.4, 0.5) is 0 Å². The standard InChI is InChI=1S/C30H44NO9P/c1-2-3-4-5-6-7-8-9-12-20-37-28-17-11-10-15-25(28)18-19-29(32)40-26-16-13-14-24(21-26)22-38-41(35,36)39-23-27(31)30(33)34/h10-11,13-17,21,27H,2-9,12,18-20,22-23,31H2,1H3,(H,33,34)(H,35,36)/t27-/m0/s1. The predicted octanol–water partition coefficient (Wildman–Crippen LogP) is 6.18. The van der Waals surface area contributed by atoms with Crippen molar-refractivity contribution in [1.82, 2.24) is 0 Å². The second kappa shape index (κ2) is 19.4. The number of benzene rings is 2. The molecule has 0 saturated carbocycles. The predicted molar refractivity (Wildman–Crippen MR) is 156 cm³/mol. The molecule has 2 atom stereocenters. The smallest absolute Gasteiger partial charge is 0.472 e. The van der Waals surface area contributed by atoms with E-state index in [1.54, 1.807) is 18.2 Å². The summed E-state index contributed by atoms with van der Waals surface area (Å²) in [5.41, 5.74) is 6.64. The van der Waals surface area contributed by atoms with Crippen LogP contribution in [-0.4, -0.2) is 41.2 Å². The lowest BCUT2D eigenvalue weighted by molar-refractivity contribution is -0.139. The number of aryl methyl sites for hydroxylation is 1. The molecular formula is C30H44NO9P. The molecular weight excluding hydrogens is 549 g/mol. The van der Waals surface area contributed by atoms with Crippen LogP contribution in [0.25, 0.3) is 0 Å². The lowest BCUT2D eigenvalue weighted by Crippen LogP contribution is -2.34. The van der Waals surface area contributed by atoms with Crippen LogP contribution in [0, 0.1) is 0 Å². The van der Waals surface area contributed by atoms with E-state index in [2.05, 4.69) is 11.4 Å². The van der Waals surface area contributed by atoms with Gasteiger partial charge in [-0.15, -0.1) is 0 Å². The molecule has 0 spiro atoms. The summed E-state index contributed by atoms with van der Waals surface area (Å²) in [5, 5.41) is 8.73. The highest BCUT2D eigenvalue weighted by molar-refractivity contribution is 7.47. The quantitative estimate of drug-likeness (QED) is 0.0624. The molecule has 0 heterocycles. The molecule has 0 fully saturated rings. The number of aliphatic carboxylic acids is 1. The lowest BCUT2D eigenvalue weighted by Gasteiger charge is -2.14. The second-order valence-corrected chi connectivity index (χ2v) is 11.3. The van der Waals surface area contributed by atoms with E-state index in [1.807, 2.05) is 24.3 Å². The molecule has 0 amide bonds. The van der Waals surface area contributed by atoms with Crippen LogP contribution in [0.2, 0.25) is 0 Å². The van der Waals surface area contributed by atoms with Crippen molar-refractivity contribution in [3.05, 3.63) is 59.7 Å². The van der Waals surface area contributed by atoms with Gasteiger partial charge in [-0.3, -0.25) is 18.6 Å². The zero-order chi connectivity index (χ0) is 29.9. The average molecular weight is 594 g/mol. The average Bonchev–Trinajstić information content (AvgIpc) is 2.95. The number of para-hydroxylation sites is 1. The molecule has 2 aromatic carbocycles. The van der Waals surface area contributed by atoms with Crippen molar-refractivity contribution in [2.24, 2.45) is 5.73 Å². The molecule has 10 nitrogen and oxygen atoms in total. The van der Waals surface area contributed by atoms with E-state index in [0.717, 1.165) is 24.2 Å². The number of hydrogen-bond acceptors (Lipinski definition) is 8. The van der Waals surface area contributed by atoms with E-state index >= 15 is 0 Å². The zero-order valence-electron chi connectivity index (χ0n) is 23.9. The van der Waals surface area contributed by atoms with Crippen molar-refractivity contribution >= 4 is 19.8 Å². The van der Waals surface area contributed by atoms with Crippen molar-refractivity contribution in [2.45, 2.75) is 90.2 Å². The Morgan fingerprint density at radius 1 is 0.927 bits per heavy atom. The number of phosphoric acid groups is 1. The zero-order valence-corrected chi connectivity index (χ0v) is 24.8. The molecule has 4 N–H and O–H groups in total. The lowest BCUT2D eigenvalue weighted by atomic mass is 10.1. The molecule has 0 bridgehead atoms. The molecule has 0 radical (unpaired) electrons. The fraction of sp³-hybridized carbons (Fsp3) is 0.533. The molecule has 0 aliphatic carbocycles. The number of carbonyl (C=O) groups is 2. The van der Waals surface area contributed by atoms with Gasteiger partial charge in [0.2, 0.25) is 0 Å². The molecule has 228 valence electrons. The Kier molecular flexibility index (Phi) is 16.3. The van der Waals surface area contributed by atoms with E-state index in [1.165, 1.54) is 51.0 Å². The number of nitrogens with two attached hydrogens (primary N) is 1. The van der Waals surface area contributed by atoms with Gasteiger partial charge in [0, 0.05) is 0 Å². The SMILES string of the molecule is CCCCCCCCCCCOc1ccccc1CCC(=O)Oc1cccc(COP(=O)(O)OC[C@H](N)C(=O)O)c1. The first-order valence-corrected chi connectivity index (χ1v) is 15.8. The summed E-state index contributed by atoms with van der Waals surface area (Å²) in [6, 6.07) is 12.5. The summed E-state index contributed by atoms with van der Waals surface area (Å²) >= 11 is 0. The Bertz CT molecular complexity index is 1110. The summed E-state index contributed by atoms with van der Waals surface area (Å²) in [4.78, 5) is 33.0. The minimum absolute atomic E-state index is 0.142. The van der Waals surface area contributed by atoms with Gasteiger partial charge in [0.15, 0.2) is 0 Å². The van der Waals surface area contributed by atoms with Crippen molar-refractivity contribution in [2.75, 3.05) is 13.2 Å². The summed E-state index contributed by atoms with van der Waals surface area (Å²) in [6.45, 7) is 1.86. The van der Waals surface area contributed by atoms with Gasteiger partial charge in [0.25, 0.3) is 0 Å². The van der Waals surface area contributed by atoms with E-state index in [9.17, 15) is 19.0 Å². The van der Waals surface area contributed by atoms with E-state index < -0.39 is 32.4 Å². The molecule has 0 aliphatic rings. The van der Waals surface area contributed by atoms with Gasteiger partial charge in [-0.2, -0.15) is 0 Å². The number of phosphoric ester groups is 1. The van der Waals surface area contributed by atoms with Crippen LogP contribution in [0.15, 0.2) is 48.5 Å². The van der Waals surface area contributed by atoms with E-state index in [0.29, 0.717) is 18.6 Å².